The highest BCUT2D eigenvalue weighted by molar-refractivity contribution is 5.71. The Labute approximate surface area is 387 Å². The average Bonchev–Trinajstić information content (AvgIpc) is 3.28. The van der Waals surface area contributed by atoms with Gasteiger partial charge < -0.3 is 14.2 Å². The van der Waals surface area contributed by atoms with Crippen LogP contribution in [0.4, 0.5) is 0 Å². The molecular formula is C57H92O6. The first-order chi connectivity index (χ1) is 31.0. The number of ether oxygens (including phenoxy) is 3. The minimum absolute atomic E-state index is 0.110. The second-order valence-electron chi connectivity index (χ2n) is 16.4. The van der Waals surface area contributed by atoms with Gasteiger partial charge in [0, 0.05) is 19.3 Å². The van der Waals surface area contributed by atoms with Gasteiger partial charge in [-0.25, -0.2) is 0 Å². The lowest BCUT2D eigenvalue weighted by molar-refractivity contribution is -0.167. The summed E-state index contributed by atoms with van der Waals surface area (Å²) in [5.41, 5.74) is 0. The molecule has 0 heterocycles. The number of hydrogen-bond acceptors (Lipinski definition) is 6. The number of esters is 3. The first kappa shape index (κ1) is 59.1. The van der Waals surface area contributed by atoms with Crippen molar-refractivity contribution < 1.29 is 28.6 Å². The van der Waals surface area contributed by atoms with Gasteiger partial charge in [0.25, 0.3) is 0 Å². The van der Waals surface area contributed by atoms with Gasteiger partial charge in [0.2, 0.25) is 0 Å². The first-order valence-electron chi connectivity index (χ1n) is 25.5. The third-order valence-corrected chi connectivity index (χ3v) is 10.4. The van der Waals surface area contributed by atoms with Gasteiger partial charge in [-0.15, -0.1) is 0 Å². The zero-order chi connectivity index (χ0) is 45.8. The van der Waals surface area contributed by atoms with Crippen LogP contribution in [0.25, 0.3) is 0 Å². The van der Waals surface area contributed by atoms with E-state index in [9.17, 15) is 14.4 Å². The average molecular weight is 873 g/mol. The molecule has 0 aromatic heterocycles. The van der Waals surface area contributed by atoms with E-state index in [1.54, 1.807) is 0 Å². The quantitative estimate of drug-likeness (QED) is 0.0199. The van der Waals surface area contributed by atoms with Gasteiger partial charge in [-0.2, -0.15) is 0 Å². The van der Waals surface area contributed by atoms with Gasteiger partial charge in [0.15, 0.2) is 6.10 Å². The highest BCUT2D eigenvalue weighted by Gasteiger charge is 2.19. The molecule has 0 rings (SSSR count). The van der Waals surface area contributed by atoms with Crippen LogP contribution in [0.3, 0.4) is 0 Å². The van der Waals surface area contributed by atoms with Gasteiger partial charge in [-0.05, 0) is 96.3 Å². The fourth-order valence-corrected chi connectivity index (χ4v) is 6.57. The van der Waals surface area contributed by atoms with Crippen LogP contribution in [0.15, 0.2) is 109 Å². The lowest BCUT2D eigenvalue weighted by atomic mass is 10.1. The zero-order valence-corrected chi connectivity index (χ0v) is 40.5. The van der Waals surface area contributed by atoms with Crippen LogP contribution < -0.4 is 0 Å². The zero-order valence-electron chi connectivity index (χ0n) is 40.5. The minimum atomic E-state index is -0.814. The van der Waals surface area contributed by atoms with Gasteiger partial charge in [-0.3, -0.25) is 14.4 Å². The molecule has 0 aromatic carbocycles. The Morgan fingerprint density at radius 1 is 0.349 bits per heavy atom. The Morgan fingerprint density at radius 3 is 1.21 bits per heavy atom. The topological polar surface area (TPSA) is 78.9 Å². The summed E-state index contributed by atoms with van der Waals surface area (Å²) in [6, 6.07) is 0. The van der Waals surface area contributed by atoms with Crippen molar-refractivity contribution >= 4 is 17.9 Å². The fraction of sp³-hybridized carbons (Fsp3) is 0.632. The molecule has 356 valence electrons. The molecule has 0 aromatic rings. The van der Waals surface area contributed by atoms with Crippen molar-refractivity contribution in [3.05, 3.63) is 109 Å². The number of rotatable bonds is 44. The molecule has 6 nitrogen and oxygen atoms in total. The number of carbonyl (C=O) groups is 3. The largest absolute Gasteiger partial charge is 0.462 e. The Kier molecular flexibility index (Phi) is 47.5. The highest BCUT2D eigenvalue weighted by atomic mass is 16.6. The van der Waals surface area contributed by atoms with E-state index in [0.717, 1.165) is 122 Å². The summed E-state index contributed by atoms with van der Waals surface area (Å²) in [7, 11) is 0. The molecule has 0 radical (unpaired) electrons. The summed E-state index contributed by atoms with van der Waals surface area (Å²) in [5.74, 6) is -0.995. The SMILES string of the molecule is CC\C=C/C=C\C=C/C=C\CCCCCCCC(=O)OC(COC(=O)CCCC/C=C\C/C=C\C/C=C\CC)COC(=O)CCCCCCC/C=C\C=C/CCCCCCCCC. The molecule has 0 saturated carbocycles. The van der Waals surface area contributed by atoms with Crippen molar-refractivity contribution in [2.24, 2.45) is 0 Å². The van der Waals surface area contributed by atoms with Crippen molar-refractivity contribution in [2.75, 3.05) is 13.2 Å². The van der Waals surface area contributed by atoms with Gasteiger partial charge in [-0.1, -0.05) is 207 Å². The molecule has 6 heteroatoms. The lowest BCUT2D eigenvalue weighted by Gasteiger charge is -2.18. The van der Waals surface area contributed by atoms with E-state index in [1.807, 2.05) is 24.3 Å². The second kappa shape index (κ2) is 50.7. The molecule has 0 amide bonds. The predicted molar refractivity (Wildman–Crippen MR) is 270 cm³/mol. The van der Waals surface area contributed by atoms with Crippen molar-refractivity contribution in [3.8, 4) is 0 Å². The molecule has 63 heavy (non-hydrogen) atoms. The van der Waals surface area contributed by atoms with Crippen LogP contribution in [0.2, 0.25) is 0 Å². The molecule has 0 saturated heterocycles. The van der Waals surface area contributed by atoms with E-state index in [4.69, 9.17) is 14.2 Å². The molecule has 0 aliphatic carbocycles. The van der Waals surface area contributed by atoms with Crippen LogP contribution in [0.1, 0.15) is 213 Å². The van der Waals surface area contributed by atoms with Gasteiger partial charge >= 0.3 is 17.9 Å². The summed E-state index contributed by atoms with van der Waals surface area (Å²) in [6.07, 6.45) is 67.9. The summed E-state index contributed by atoms with van der Waals surface area (Å²) in [6.45, 7) is 6.29. The first-order valence-corrected chi connectivity index (χ1v) is 25.5. The second-order valence-corrected chi connectivity index (χ2v) is 16.4. The van der Waals surface area contributed by atoms with Crippen LogP contribution in [-0.2, 0) is 28.6 Å². The molecule has 0 spiro atoms. The molecule has 1 unspecified atom stereocenters. The Morgan fingerprint density at radius 2 is 0.698 bits per heavy atom. The van der Waals surface area contributed by atoms with Crippen molar-refractivity contribution in [1.29, 1.82) is 0 Å². The normalized spacial score (nSPS) is 13.0. The molecule has 0 bridgehead atoms. The molecule has 0 aliphatic rings. The van der Waals surface area contributed by atoms with Gasteiger partial charge in [0.05, 0.1) is 0 Å². The maximum absolute atomic E-state index is 12.8. The van der Waals surface area contributed by atoms with E-state index in [-0.39, 0.29) is 37.5 Å². The Bertz CT molecular complexity index is 1330. The number of unbranched alkanes of at least 4 members (excludes halogenated alkanes) is 19. The number of carbonyl (C=O) groups excluding carboxylic acids is 3. The molecule has 1 atom stereocenters. The Hall–Kier alpha value is -3.93. The van der Waals surface area contributed by atoms with E-state index < -0.39 is 6.10 Å². The number of allylic oxidation sites excluding steroid dienone is 18. The fourth-order valence-electron chi connectivity index (χ4n) is 6.57. The molecule has 0 N–H and O–H groups in total. The number of hydrogen-bond donors (Lipinski definition) is 0. The van der Waals surface area contributed by atoms with Crippen molar-refractivity contribution in [2.45, 2.75) is 219 Å². The predicted octanol–water partition coefficient (Wildman–Crippen LogP) is 16.8. The lowest BCUT2D eigenvalue weighted by Crippen LogP contribution is -2.30. The Balaban J connectivity index is 4.50. The summed E-state index contributed by atoms with van der Waals surface area (Å²) < 4.78 is 16.7. The van der Waals surface area contributed by atoms with E-state index >= 15 is 0 Å². The van der Waals surface area contributed by atoms with Crippen LogP contribution >= 0.6 is 0 Å². The van der Waals surface area contributed by atoms with E-state index in [0.29, 0.717) is 12.8 Å². The molecule has 0 aliphatic heterocycles. The maximum Gasteiger partial charge on any atom is 0.306 e. The van der Waals surface area contributed by atoms with Crippen LogP contribution in [-0.4, -0.2) is 37.2 Å². The minimum Gasteiger partial charge on any atom is -0.462 e. The highest BCUT2D eigenvalue weighted by Crippen LogP contribution is 2.13. The van der Waals surface area contributed by atoms with Crippen LogP contribution in [0.5, 0.6) is 0 Å². The van der Waals surface area contributed by atoms with Crippen LogP contribution in [0, 0.1) is 0 Å². The third kappa shape index (κ3) is 49.0. The third-order valence-electron chi connectivity index (χ3n) is 10.4. The smallest absolute Gasteiger partial charge is 0.306 e. The molecule has 0 fully saturated rings. The van der Waals surface area contributed by atoms with E-state index in [2.05, 4.69) is 106 Å². The summed E-state index contributed by atoms with van der Waals surface area (Å²) in [5, 5.41) is 0. The van der Waals surface area contributed by atoms with Crippen molar-refractivity contribution in [3.63, 3.8) is 0 Å². The van der Waals surface area contributed by atoms with Gasteiger partial charge in [0.1, 0.15) is 13.2 Å². The summed E-state index contributed by atoms with van der Waals surface area (Å²) in [4.78, 5) is 37.9. The summed E-state index contributed by atoms with van der Waals surface area (Å²) >= 11 is 0. The standard InChI is InChI=1S/C57H92O6/c1-4-7-10-13-16-19-22-25-27-28-29-31-32-35-38-41-44-47-50-56(59)62-53-54(52-61-55(58)49-46-43-40-37-34-24-21-18-15-12-9-6-3)63-57(60)51-48-45-42-39-36-33-30-26-23-20-17-14-11-8-5-2/h8-9,11-12,14,17-18,20-21,23,26-31,34,37,54H,4-7,10,13,15-16,19,22,24-25,32-33,35-36,38-53H2,1-3H3/b11-8-,12-9-,17-14-,21-18-,23-20-,28-27-,30-26-,31-29-,37-34-. The maximum atomic E-state index is 12.8. The van der Waals surface area contributed by atoms with E-state index in [1.165, 1.54) is 51.4 Å². The monoisotopic (exact) mass is 873 g/mol. The van der Waals surface area contributed by atoms with Crippen molar-refractivity contribution in [1.82, 2.24) is 0 Å². The molecular weight excluding hydrogens is 781 g/mol.